The molecule has 0 fully saturated rings. The summed E-state index contributed by atoms with van der Waals surface area (Å²) in [6, 6.07) is 12.8. The second-order valence-corrected chi connectivity index (χ2v) is 4.74. The van der Waals surface area contributed by atoms with Crippen LogP contribution in [0.2, 0.25) is 0 Å². The molecule has 0 aliphatic carbocycles. The van der Waals surface area contributed by atoms with E-state index in [1.54, 1.807) is 12.1 Å². The van der Waals surface area contributed by atoms with Crippen molar-refractivity contribution in [1.82, 2.24) is 0 Å². The van der Waals surface area contributed by atoms with E-state index in [1.807, 2.05) is 44.2 Å². The van der Waals surface area contributed by atoms with Crippen LogP contribution >= 0.6 is 0 Å². The Morgan fingerprint density at radius 3 is 2.52 bits per heavy atom. The first-order valence-electron chi connectivity index (χ1n) is 6.81. The predicted octanol–water partition coefficient (Wildman–Crippen LogP) is 3.91. The summed E-state index contributed by atoms with van der Waals surface area (Å²) in [7, 11) is 0. The minimum absolute atomic E-state index is 0.0712. The summed E-state index contributed by atoms with van der Waals surface area (Å²) >= 11 is 0. The average Bonchev–Trinajstić information content (AvgIpc) is 2.48. The molecule has 0 aliphatic rings. The second kappa shape index (κ2) is 6.74. The van der Waals surface area contributed by atoms with Crippen molar-refractivity contribution in [3.05, 3.63) is 63.7 Å². The van der Waals surface area contributed by atoms with Gasteiger partial charge < -0.3 is 10.1 Å². The van der Waals surface area contributed by atoms with Crippen LogP contribution in [-0.2, 0) is 6.61 Å². The van der Waals surface area contributed by atoms with Gasteiger partial charge in [-0.3, -0.25) is 10.1 Å². The average molecular weight is 286 g/mol. The zero-order valence-electron chi connectivity index (χ0n) is 12.1. The molecule has 0 aromatic heterocycles. The molecule has 1 N–H and O–H groups in total. The van der Waals surface area contributed by atoms with E-state index in [1.165, 1.54) is 0 Å². The van der Waals surface area contributed by atoms with Gasteiger partial charge in [0.15, 0.2) is 0 Å². The van der Waals surface area contributed by atoms with Gasteiger partial charge >= 0.3 is 0 Å². The van der Waals surface area contributed by atoms with E-state index in [-0.39, 0.29) is 10.6 Å². The van der Waals surface area contributed by atoms with Crippen LogP contribution in [0.4, 0.5) is 11.4 Å². The smallest absolute Gasteiger partial charge is 0.292 e. The Morgan fingerprint density at radius 2 is 1.90 bits per heavy atom. The molecule has 2 aromatic rings. The van der Waals surface area contributed by atoms with Crippen LogP contribution in [0.3, 0.4) is 0 Å². The second-order valence-electron chi connectivity index (χ2n) is 4.74. The number of aryl methyl sites for hydroxylation is 1. The maximum Gasteiger partial charge on any atom is 0.292 e. The Morgan fingerprint density at radius 1 is 1.19 bits per heavy atom. The SMILES string of the molecule is CCNc1ccc(COc2ccc(C)cc2)cc1[N+](=O)[O-]. The topological polar surface area (TPSA) is 64.4 Å². The lowest BCUT2D eigenvalue weighted by Gasteiger charge is -2.09. The van der Waals surface area contributed by atoms with Crippen molar-refractivity contribution in [3.63, 3.8) is 0 Å². The lowest BCUT2D eigenvalue weighted by molar-refractivity contribution is -0.384. The zero-order chi connectivity index (χ0) is 15.2. The summed E-state index contributed by atoms with van der Waals surface area (Å²) in [6.07, 6.45) is 0. The number of hydrogen-bond donors (Lipinski definition) is 1. The molecular formula is C16H18N2O3. The summed E-state index contributed by atoms with van der Waals surface area (Å²) in [6.45, 7) is 4.85. The molecule has 0 amide bonds. The number of rotatable bonds is 6. The van der Waals surface area contributed by atoms with Gasteiger partial charge in [-0.25, -0.2) is 0 Å². The molecule has 2 aromatic carbocycles. The highest BCUT2D eigenvalue weighted by atomic mass is 16.6. The third kappa shape index (κ3) is 3.95. The maximum atomic E-state index is 11.1. The number of hydrogen-bond acceptors (Lipinski definition) is 4. The molecule has 0 saturated carbocycles. The fourth-order valence-corrected chi connectivity index (χ4v) is 1.96. The first-order valence-corrected chi connectivity index (χ1v) is 6.81. The molecule has 2 rings (SSSR count). The molecule has 0 atom stereocenters. The summed E-state index contributed by atoms with van der Waals surface area (Å²) in [5.74, 6) is 0.749. The lowest BCUT2D eigenvalue weighted by Crippen LogP contribution is -2.03. The fourth-order valence-electron chi connectivity index (χ4n) is 1.96. The van der Waals surface area contributed by atoms with Gasteiger partial charge in [0.05, 0.1) is 4.92 Å². The van der Waals surface area contributed by atoms with Gasteiger partial charge in [-0.05, 0) is 37.6 Å². The van der Waals surface area contributed by atoms with Gasteiger partial charge in [0.1, 0.15) is 18.0 Å². The van der Waals surface area contributed by atoms with Gasteiger partial charge in [-0.15, -0.1) is 0 Å². The molecule has 0 heterocycles. The van der Waals surface area contributed by atoms with E-state index in [0.717, 1.165) is 16.9 Å². The van der Waals surface area contributed by atoms with Gasteiger partial charge in [0.25, 0.3) is 5.69 Å². The largest absolute Gasteiger partial charge is 0.489 e. The summed E-state index contributed by atoms with van der Waals surface area (Å²) in [4.78, 5) is 10.7. The molecule has 0 unspecified atom stereocenters. The Balaban J connectivity index is 2.11. The Labute approximate surface area is 123 Å². The lowest BCUT2D eigenvalue weighted by atomic mass is 10.2. The number of nitro benzene ring substituents is 1. The molecule has 5 nitrogen and oxygen atoms in total. The monoisotopic (exact) mass is 286 g/mol. The Hall–Kier alpha value is -2.56. The molecule has 5 heteroatoms. The molecule has 0 radical (unpaired) electrons. The molecule has 110 valence electrons. The normalized spacial score (nSPS) is 10.2. The van der Waals surface area contributed by atoms with Crippen LogP contribution in [0, 0.1) is 17.0 Å². The van der Waals surface area contributed by atoms with Crippen LogP contribution in [0.25, 0.3) is 0 Å². The van der Waals surface area contributed by atoms with E-state index in [4.69, 9.17) is 4.74 Å². The number of nitrogens with one attached hydrogen (secondary N) is 1. The van der Waals surface area contributed by atoms with Gasteiger partial charge in [0.2, 0.25) is 0 Å². The van der Waals surface area contributed by atoms with Crippen molar-refractivity contribution in [3.8, 4) is 5.75 Å². The van der Waals surface area contributed by atoms with E-state index in [2.05, 4.69) is 5.32 Å². The van der Waals surface area contributed by atoms with E-state index < -0.39 is 0 Å². The predicted molar refractivity (Wildman–Crippen MR) is 82.8 cm³/mol. The first kappa shape index (κ1) is 14.8. The van der Waals surface area contributed by atoms with Crippen LogP contribution in [-0.4, -0.2) is 11.5 Å². The summed E-state index contributed by atoms with van der Waals surface area (Å²) < 4.78 is 5.64. The minimum Gasteiger partial charge on any atom is -0.489 e. The van der Waals surface area contributed by atoms with Gasteiger partial charge in [-0.1, -0.05) is 23.8 Å². The molecule has 0 aliphatic heterocycles. The van der Waals surface area contributed by atoms with Gasteiger partial charge in [0, 0.05) is 12.6 Å². The number of benzene rings is 2. The zero-order valence-corrected chi connectivity index (χ0v) is 12.1. The molecule has 0 spiro atoms. The maximum absolute atomic E-state index is 11.1. The number of nitrogens with zero attached hydrogens (tertiary/aromatic N) is 1. The quantitative estimate of drug-likeness (QED) is 0.646. The first-order chi connectivity index (χ1) is 10.1. The van der Waals surface area contributed by atoms with Crippen LogP contribution < -0.4 is 10.1 Å². The number of anilines is 1. The van der Waals surface area contributed by atoms with Crippen molar-refractivity contribution in [2.75, 3.05) is 11.9 Å². The van der Waals surface area contributed by atoms with E-state index in [9.17, 15) is 10.1 Å². The molecule has 0 saturated heterocycles. The van der Waals surface area contributed by atoms with Crippen LogP contribution in [0.5, 0.6) is 5.75 Å². The van der Waals surface area contributed by atoms with Crippen molar-refractivity contribution < 1.29 is 9.66 Å². The van der Waals surface area contributed by atoms with E-state index in [0.29, 0.717) is 18.8 Å². The van der Waals surface area contributed by atoms with Crippen molar-refractivity contribution >= 4 is 11.4 Å². The van der Waals surface area contributed by atoms with Crippen molar-refractivity contribution in [1.29, 1.82) is 0 Å². The highest BCUT2D eigenvalue weighted by Crippen LogP contribution is 2.26. The Kier molecular flexibility index (Phi) is 4.77. The number of ether oxygens (including phenoxy) is 1. The molecule has 21 heavy (non-hydrogen) atoms. The Bertz CT molecular complexity index is 624. The highest BCUT2D eigenvalue weighted by Gasteiger charge is 2.14. The summed E-state index contributed by atoms with van der Waals surface area (Å²) in [5.41, 5.74) is 2.53. The number of nitro groups is 1. The van der Waals surface area contributed by atoms with Crippen LogP contribution in [0.1, 0.15) is 18.1 Å². The van der Waals surface area contributed by atoms with Crippen molar-refractivity contribution in [2.45, 2.75) is 20.5 Å². The van der Waals surface area contributed by atoms with E-state index >= 15 is 0 Å². The minimum atomic E-state index is -0.382. The van der Waals surface area contributed by atoms with Gasteiger partial charge in [-0.2, -0.15) is 0 Å². The third-order valence-corrected chi connectivity index (χ3v) is 3.05. The summed E-state index contributed by atoms with van der Waals surface area (Å²) in [5, 5.41) is 14.1. The van der Waals surface area contributed by atoms with Crippen LogP contribution in [0.15, 0.2) is 42.5 Å². The fraction of sp³-hybridized carbons (Fsp3) is 0.250. The van der Waals surface area contributed by atoms with Crippen molar-refractivity contribution in [2.24, 2.45) is 0 Å². The molecule has 0 bridgehead atoms. The standard InChI is InChI=1S/C16H18N2O3/c1-3-17-15-9-6-13(10-16(15)18(19)20)11-21-14-7-4-12(2)5-8-14/h4-10,17H,3,11H2,1-2H3. The molecular weight excluding hydrogens is 268 g/mol. The third-order valence-electron chi connectivity index (χ3n) is 3.05. The highest BCUT2D eigenvalue weighted by molar-refractivity contribution is 5.62.